The number of carbonyl (C=O) groups is 3. The van der Waals surface area contributed by atoms with Crippen molar-refractivity contribution in [3.05, 3.63) is 146 Å². The van der Waals surface area contributed by atoms with Crippen molar-refractivity contribution in [3.63, 3.8) is 0 Å². The van der Waals surface area contributed by atoms with E-state index in [9.17, 15) is 28.9 Å². The highest BCUT2D eigenvalue weighted by Crippen LogP contribution is 2.43. The van der Waals surface area contributed by atoms with Gasteiger partial charge in [0.2, 0.25) is 0 Å². The molecule has 11 nitrogen and oxygen atoms in total. The topological polar surface area (TPSA) is 155 Å². The van der Waals surface area contributed by atoms with Crippen LogP contribution in [-0.2, 0) is 42.2 Å². The van der Waals surface area contributed by atoms with Crippen LogP contribution in [-0.4, -0.2) is 66.5 Å². The van der Waals surface area contributed by atoms with E-state index in [0.717, 1.165) is 135 Å². The second-order valence-electron chi connectivity index (χ2n) is 21.2. The monoisotopic (exact) mass is 1190 g/mol. The molecule has 0 spiro atoms. The van der Waals surface area contributed by atoms with Crippen molar-refractivity contribution in [2.24, 2.45) is 0 Å². The summed E-state index contributed by atoms with van der Waals surface area (Å²) in [7, 11) is -4.79. The van der Waals surface area contributed by atoms with Crippen molar-refractivity contribution >= 4 is 25.7 Å². The summed E-state index contributed by atoms with van der Waals surface area (Å²) in [5.74, 6) is -1.61. The number of phosphoric acid groups is 1. The number of esters is 3. The molecule has 12 heteroatoms. The van der Waals surface area contributed by atoms with Crippen LogP contribution >= 0.6 is 7.82 Å². The number of carbonyl (C=O) groups excluding carboxylic acids is 3. The molecule has 0 aromatic heterocycles. The minimum Gasteiger partial charge on any atom is -0.462 e. The lowest BCUT2D eigenvalue weighted by Crippen LogP contribution is -2.30. The fourth-order valence-corrected chi connectivity index (χ4v) is 9.06. The lowest BCUT2D eigenvalue weighted by Gasteiger charge is -2.21. The summed E-state index contributed by atoms with van der Waals surface area (Å²) in [4.78, 5) is 48.8. The van der Waals surface area contributed by atoms with E-state index in [4.69, 9.17) is 23.3 Å². The van der Waals surface area contributed by atoms with Crippen LogP contribution in [0.4, 0.5) is 0 Å². The van der Waals surface area contributed by atoms with Gasteiger partial charge in [0.05, 0.1) is 19.8 Å². The lowest BCUT2D eigenvalue weighted by atomic mass is 10.1. The number of aliphatic hydroxyl groups excluding tert-OH is 1. The van der Waals surface area contributed by atoms with Crippen LogP contribution < -0.4 is 0 Å². The van der Waals surface area contributed by atoms with Gasteiger partial charge in [-0.15, -0.1) is 0 Å². The van der Waals surface area contributed by atoms with Gasteiger partial charge in [-0.05, 0) is 135 Å². The number of rotatable bonds is 59. The summed E-state index contributed by atoms with van der Waals surface area (Å²) >= 11 is 0. The third kappa shape index (κ3) is 61.9. The van der Waals surface area contributed by atoms with Gasteiger partial charge in [-0.1, -0.05) is 244 Å². The molecule has 3 atom stereocenters. The van der Waals surface area contributed by atoms with Crippen LogP contribution in [0.1, 0.15) is 252 Å². The Balaban J connectivity index is 4.85. The summed E-state index contributed by atoms with van der Waals surface area (Å²) in [5, 5.41) is 9.87. The Morgan fingerprint density at radius 2 is 0.643 bits per heavy atom. The summed E-state index contributed by atoms with van der Waals surface area (Å²) in [6.45, 7) is 4.37. The van der Waals surface area contributed by atoms with E-state index in [2.05, 4.69) is 154 Å². The molecule has 0 saturated carbocycles. The summed E-state index contributed by atoms with van der Waals surface area (Å²) < 4.78 is 39.6. The van der Waals surface area contributed by atoms with Crippen molar-refractivity contribution in [2.75, 3.05) is 26.4 Å². The van der Waals surface area contributed by atoms with Crippen molar-refractivity contribution in [1.82, 2.24) is 0 Å². The molecule has 476 valence electrons. The zero-order valence-electron chi connectivity index (χ0n) is 52.8. The Kier molecular flexibility index (Phi) is 60.8. The Bertz CT molecular complexity index is 1970. The molecule has 0 radical (unpaired) electrons. The SMILES string of the molecule is CC/C=C\C/C=C\C/C=C\C/C=C\C/C=C\C/C=C\CCC(=O)OC(COC(=O)CCCCCCCC/C=C\C/C=C\C/C=C\CCCCC)COP(=O)(O)OCC(CO)OC(=O)CCCCCCCC/C=C\C/C=C\C/C=C\CCCCC. The number of phosphoric ester groups is 1. The zero-order valence-corrected chi connectivity index (χ0v) is 53.7. The molecule has 0 aromatic rings. The van der Waals surface area contributed by atoms with Crippen LogP contribution in [0, 0.1) is 0 Å². The van der Waals surface area contributed by atoms with Crippen molar-refractivity contribution in [2.45, 2.75) is 264 Å². The first-order valence-electron chi connectivity index (χ1n) is 32.7. The van der Waals surface area contributed by atoms with Gasteiger partial charge < -0.3 is 24.2 Å². The molecule has 0 heterocycles. The predicted octanol–water partition coefficient (Wildman–Crippen LogP) is 20.3. The molecule has 3 unspecified atom stereocenters. The molecule has 84 heavy (non-hydrogen) atoms. The third-order valence-corrected chi connectivity index (χ3v) is 14.2. The Labute approximate surface area is 512 Å². The van der Waals surface area contributed by atoms with Crippen LogP contribution in [0.5, 0.6) is 0 Å². The fraction of sp³-hybridized carbons (Fsp3) is 0.625. The molecule has 0 aliphatic heterocycles. The maximum Gasteiger partial charge on any atom is 0.472 e. The van der Waals surface area contributed by atoms with Gasteiger partial charge >= 0.3 is 25.7 Å². The second kappa shape index (κ2) is 64.4. The molecule has 0 aromatic carbocycles. The van der Waals surface area contributed by atoms with Gasteiger partial charge in [0.1, 0.15) is 12.7 Å². The van der Waals surface area contributed by atoms with E-state index in [1.165, 1.54) is 51.4 Å². The van der Waals surface area contributed by atoms with Gasteiger partial charge in [0, 0.05) is 19.3 Å². The van der Waals surface area contributed by atoms with Crippen molar-refractivity contribution in [3.8, 4) is 0 Å². The van der Waals surface area contributed by atoms with Gasteiger partial charge in [0.15, 0.2) is 6.10 Å². The Morgan fingerprint density at radius 1 is 0.345 bits per heavy atom. The molecule has 0 rings (SSSR count). The van der Waals surface area contributed by atoms with E-state index < -0.39 is 57.8 Å². The van der Waals surface area contributed by atoms with E-state index >= 15 is 0 Å². The number of unbranched alkanes of at least 4 members (excludes halogenated alkanes) is 18. The Hall–Kier alpha value is -4.64. The van der Waals surface area contributed by atoms with E-state index in [1.54, 1.807) is 0 Å². The molecule has 0 bridgehead atoms. The lowest BCUT2D eigenvalue weighted by molar-refractivity contribution is -0.161. The summed E-state index contributed by atoms with van der Waals surface area (Å²) in [5.41, 5.74) is 0. The Morgan fingerprint density at radius 3 is 1.02 bits per heavy atom. The van der Waals surface area contributed by atoms with E-state index in [0.29, 0.717) is 25.7 Å². The molecule has 2 N–H and O–H groups in total. The highest BCUT2D eigenvalue weighted by Gasteiger charge is 2.28. The number of hydrogen-bond acceptors (Lipinski definition) is 10. The van der Waals surface area contributed by atoms with Crippen LogP contribution in [0.25, 0.3) is 0 Å². The van der Waals surface area contributed by atoms with Gasteiger partial charge in [-0.3, -0.25) is 23.4 Å². The van der Waals surface area contributed by atoms with Crippen LogP contribution in [0.15, 0.2) is 146 Å². The summed E-state index contributed by atoms with van der Waals surface area (Å²) in [6, 6.07) is 0. The molecule has 0 fully saturated rings. The largest absolute Gasteiger partial charge is 0.472 e. The fourth-order valence-electron chi connectivity index (χ4n) is 8.28. The zero-order chi connectivity index (χ0) is 61.2. The van der Waals surface area contributed by atoms with Crippen LogP contribution in [0.2, 0.25) is 0 Å². The minimum absolute atomic E-state index is 0.0305. The first-order valence-corrected chi connectivity index (χ1v) is 34.2. The summed E-state index contributed by atoms with van der Waals surface area (Å²) in [6.07, 6.45) is 83.8. The molecule has 0 amide bonds. The van der Waals surface area contributed by atoms with E-state index in [-0.39, 0.29) is 25.9 Å². The standard InChI is InChI=1S/C72H117O11P/c1-4-7-10-13-16-19-22-25-28-31-34-37-40-43-46-49-52-55-58-61-70(74)79-65-69(83-72(76)63-60-57-54-51-48-45-42-39-36-33-30-27-24-21-18-15-12-9-6-3)67-81-84(77,78)80-66-68(64-73)82-71(75)62-59-56-53-50-47-44-41-38-35-32-29-26-23-20-17-14-11-8-5-2/h9,12,16-21,25-30,34-39,45,48,54,57,68-69,73H,4-8,10-11,13-15,22-24,31-33,40-44,46-47,49-53,55-56,58-67H2,1-3H3,(H,77,78)/b12-9-,19-16-,20-17-,21-18-,28-25-,29-26-,30-27-,37-34-,38-35-,39-36-,48-45-,57-54-. The highest BCUT2D eigenvalue weighted by atomic mass is 31.2. The van der Waals surface area contributed by atoms with Crippen molar-refractivity contribution in [1.29, 1.82) is 0 Å². The highest BCUT2D eigenvalue weighted by molar-refractivity contribution is 7.47. The van der Waals surface area contributed by atoms with Gasteiger partial charge in [0.25, 0.3) is 0 Å². The average Bonchev–Trinajstić information content (AvgIpc) is 3.53. The van der Waals surface area contributed by atoms with Crippen molar-refractivity contribution < 1.29 is 52.2 Å². The predicted molar refractivity (Wildman–Crippen MR) is 352 cm³/mol. The molecule has 0 aliphatic rings. The second-order valence-corrected chi connectivity index (χ2v) is 22.6. The first-order chi connectivity index (χ1) is 41.2. The maximum absolute atomic E-state index is 13.0. The molecule has 0 saturated heterocycles. The number of hydrogen-bond donors (Lipinski definition) is 2. The first kappa shape index (κ1) is 79.4. The number of allylic oxidation sites excluding steroid dienone is 24. The van der Waals surface area contributed by atoms with Crippen LogP contribution in [0.3, 0.4) is 0 Å². The smallest absolute Gasteiger partial charge is 0.462 e. The number of ether oxygens (including phenoxy) is 3. The van der Waals surface area contributed by atoms with Gasteiger partial charge in [-0.25, -0.2) is 4.57 Å². The molecular weight excluding hydrogens is 1070 g/mol. The normalized spacial score (nSPS) is 14.2. The maximum atomic E-state index is 13.0. The molecule has 0 aliphatic carbocycles. The third-order valence-electron chi connectivity index (χ3n) is 13.2. The average molecular weight is 1190 g/mol. The van der Waals surface area contributed by atoms with E-state index in [1.807, 2.05) is 12.2 Å². The number of aliphatic hydroxyl groups is 1. The van der Waals surface area contributed by atoms with Gasteiger partial charge in [-0.2, -0.15) is 0 Å². The minimum atomic E-state index is -4.79. The quantitative estimate of drug-likeness (QED) is 0.0197. The molecular formula is C72H117O11P.